The number of hydrogen-bond acceptors (Lipinski definition) is 4. The van der Waals surface area contributed by atoms with Gasteiger partial charge in [0.25, 0.3) is 5.91 Å². The van der Waals surface area contributed by atoms with Crippen molar-refractivity contribution in [2.45, 2.75) is 25.8 Å². The lowest BCUT2D eigenvalue weighted by Crippen LogP contribution is -2.30. The van der Waals surface area contributed by atoms with E-state index in [1.807, 2.05) is 49.5 Å². The minimum Gasteiger partial charge on any atom is -0.457 e. The van der Waals surface area contributed by atoms with Crippen molar-refractivity contribution in [3.05, 3.63) is 71.8 Å². The molecule has 1 aromatic carbocycles. The molecule has 138 valence electrons. The molecule has 1 unspecified atom stereocenters. The van der Waals surface area contributed by atoms with Crippen molar-refractivity contribution in [2.24, 2.45) is 7.05 Å². The number of rotatable bonds is 4. The highest BCUT2D eigenvalue weighted by Crippen LogP contribution is 2.34. The summed E-state index contributed by atoms with van der Waals surface area (Å²) >= 11 is 0. The number of nitrogens with zero attached hydrogens (tertiary/aromatic N) is 4. The highest BCUT2D eigenvalue weighted by molar-refractivity contribution is 5.95. The summed E-state index contributed by atoms with van der Waals surface area (Å²) in [6, 6.07) is 9.31. The summed E-state index contributed by atoms with van der Waals surface area (Å²) in [5.41, 5.74) is 2.71. The summed E-state index contributed by atoms with van der Waals surface area (Å²) in [6.45, 7) is 2.73. The molecule has 2 aromatic heterocycles. The van der Waals surface area contributed by atoms with Gasteiger partial charge in [-0.3, -0.25) is 14.5 Å². The van der Waals surface area contributed by atoms with E-state index in [2.05, 4.69) is 10.1 Å². The summed E-state index contributed by atoms with van der Waals surface area (Å²) in [5, 5.41) is 4.25. The van der Waals surface area contributed by atoms with Gasteiger partial charge >= 0.3 is 0 Å². The van der Waals surface area contributed by atoms with E-state index >= 15 is 0 Å². The van der Waals surface area contributed by atoms with Gasteiger partial charge in [0.05, 0.1) is 12.2 Å². The zero-order chi connectivity index (χ0) is 18.8. The number of hydrogen-bond donors (Lipinski definition) is 0. The van der Waals surface area contributed by atoms with Crippen LogP contribution in [0.2, 0.25) is 0 Å². The normalized spacial score (nSPS) is 16.5. The van der Waals surface area contributed by atoms with Gasteiger partial charge in [-0.05, 0) is 49.6 Å². The molecule has 6 heteroatoms. The van der Waals surface area contributed by atoms with Gasteiger partial charge in [-0.15, -0.1) is 0 Å². The number of aryl methyl sites for hydroxylation is 2. The van der Waals surface area contributed by atoms with E-state index in [1.54, 1.807) is 29.2 Å². The maximum absolute atomic E-state index is 13.2. The molecule has 1 saturated heterocycles. The molecule has 1 atom stereocenters. The Bertz CT molecular complexity index is 952. The summed E-state index contributed by atoms with van der Waals surface area (Å²) in [5.74, 6) is 1.41. The molecule has 0 bridgehead atoms. The quantitative estimate of drug-likeness (QED) is 0.706. The fourth-order valence-electron chi connectivity index (χ4n) is 3.51. The Balaban J connectivity index is 1.59. The number of pyridine rings is 1. The minimum atomic E-state index is 0.0286. The van der Waals surface area contributed by atoms with E-state index < -0.39 is 0 Å². The van der Waals surface area contributed by atoms with Crippen LogP contribution in [0.1, 0.15) is 40.4 Å². The topological polar surface area (TPSA) is 60.2 Å². The molecule has 0 aliphatic carbocycles. The van der Waals surface area contributed by atoms with Crippen molar-refractivity contribution in [2.75, 3.05) is 6.54 Å². The molecule has 3 aromatic rings. The summed E-state index contributed by atoms with van der Waals surface area (Å²) in [6.07, 6.45) is 9.17. The Morgan fingerprint density at radius 3 is 2.78 bits per heavy atom. The zero-order valence-corrected chi connectivity index (χ0v) is 15.5. The van der Waals surface area contributed by atoms with Crippen LogP contribution in [0.15, 0.2) is 55.1 Å². The second kappa shape index (κ2) is 7.23. The van der Waals surface area contributed by atoms with Crippen LogP contribution in [-0.4, -0.2) is 32.1 Å². The number of carbonyl (C=O) groups excluding carboxylic acids is 1. The first-order valence-electron chi connectivity index (χ1n) is 9.10. The molecule has 6 nitrogen and oxygen atoms in total. The molecule has 0 spiro atoms. The van der Waals surface area contributed by atoms with Crippen molar-refractivity contribution in [3.8, 4) is 11.5 Å². The Morgan fingerprint density at radius 2 is 2.04 bits per heavy atom. The molecule has 0 N–H and O–H groups in total. The van der Waals surface area contributed by atoms with Crippen LogP contribution in [0.3, 0.4) is 0 Å². The van der Waals surface area contributed by atoms with Crippen LogP contribution in [0.25, 0.3) is 0 Å². The van der Waals surface area contributed by atoms with E-state index in [0.717, 1.165) is 30.5 Å². The number of likely N-dealkylation sites (tertiary alicyclic amines) is 1. The van der Waals surface area contributed by atoms with Crippen molar-refractivity contribution in [3.63, 3.8) is 0 Å². The third-order valence-corrected chi connectivity index (χ3v) is 4.94. The average molecular weight is 362 g/mol. The Kier molecular flexibility index (Phi) is 4.62. The molecule has 1 aliphatic heterocycles. The van der Waals surface area contributed by atoms with E-state index in [9.17, 15) is 4.79 Å². The SMILES string of the molecule is Cc1ccc(C(=O)N2CCCC2c2cnn(C)c2)cc1Oc1ccncc1. The number of benzene rings is 1. The van der Waals surface area contributed by atoms with Crippen molar-refractivity contribution in [1.82, 2.24) is 19.7 Å². The third-order valence-electron chi connectivity index (χ3n) is 4.94. The standard InChI is InChI=1S/C21H22N4O2/c1-15-5-6-16(12-20(15)27-18-7-9-22-10-8-18)21(26)25-11-3-4-19(25)17-13-23-24(2)14-17/h5-10,12-14,19H,3-4,11H2,1-2H3. The summed E-state index contributed by atoms with van der Waals surface area (Å²) in [7, 11) is 1.90. The van der Waals surface area contributed by atoms with Crippen molar-refractivity contribution < 1.29 is 9.53 Å². The van der Waals surface area contributed by atoms with Crippen LogP contribution in [0.5, 0.6) is 11.5 Å². The Morgan fingerprint density at radius 1 is 1.22 bits per heavy atom. The first kappa shape index (κ1) is 17.3. The molecule has 4 rings (SSSR count). The fourth-order valence-corrected chi connectivity index (χ4v) is 3.51. The van der Waals surface area contributed by atoms with Gasteiger partial charge in [0.1, 0.15) is 11.5 Å². The summed E-state index contributed by atoms with van der Waals surface area (Å²) in [4.78, 5) is 19.1. The lowest BCUT2D eigenvalue weighted by molar-refractivity contribution is 0.0735. The molecular formula is C21H22N4O2. The molecule has 1 amide bonds. The first-order valence-corrected chi connectivity index (χ1v) is 9.10. The fraction of sp³-hybridized carbons (Fsp3) is 0.286. The van der Waals surface area contributed by atoms with Gasteiger partial charge in [0.15, 0.2) is 0 Å². The molecule has 1 fully saturated rings. The van der Waals surface area contributed by atoms with E-state index in [0.29, 0.717) is 17.1 Å². The van der Waals surface area contributed by atoms with Crippen LogP contribution >= 0.6 is 0 Å². The maximum atomic E-state index is 13.2. The second-order valence-corrected chi connectivity index (χ2v) is 6.87. The predicted molar refractivity (Wildman–Crippen MR) is 102 cm³/mol. The zero-order valence-electron chi connectivity index (χ0n) is 15.5. The van der Waals surface area contributed by atoms with E-state index in [1.165, 1.54) is 0 Å². The van der Waals surface area contributed by atoms with E-state index in [-0.39, 0.29) is 11.9 Å². The molecule has 1 aliphatic rings. The predicted octanol–water partition coefficient (Wildman–Crippen LogP) is 3.89. The van der Waals surface area contributed by atoms with Gasteiger partial charge in [-0.1, -0.05) is 6.07 Å². The molecule has 0 radical (unpaired) electrons. The lowest BCUT2D eigenvalue weighted by Gasteiger charge is -2.24. The minimum absolute atomic E-state index is 0.0286. The van der Waals surface area contributed by atoms with E-state index in [4.69, 9.17) is 4.74 Å². The largest absolute Gasteiger partial charge is 0.457 e. The van der Waals surface area contributed by atoms with Gasteiger partial charge in [0, 0.05) is 43.3 Å². The average Bonchev–Trinajstić information content (AvgIpc) is 3.32. The van der Waals surface area contributed by atoms with Crippen molar-refractivity contribution >= 4 is 5.91 Å². The second-order valence-electron chi connectivity index (χ2n) is 6.87. The molecule has 0 saturated carbocycles. The number of amides is 1. The van der Waals surface area contributed by atoms with Gasteiger partial charge in [-0.25, -0.2) is 0 Å². The maximum Gasteiger partial charge on any atom is 0.254 e. The number of carbonyl (C=O) groups is 1. The molecule has 27 heavy (non-hydrogen) atoms. The Labute approximate surface area is 158 Å². The molecular weight excluding hydrogens is 340 g/mol. The van der Waals surface area contributed by atoms with Crippen LogP contribution < -0.4 is 4.74 Å². The lowest BCUT2D eigenvalue weighted by atomic mass is 10.1. The number of ether oxygens (including phenoxy) is 1. The smallest absolute Gasteiger partial charge is 0.254 e. The monoisotopic (exact) mass is 362 g/mol. The van der Waals surface area contributed by atoms with Gasteiger partial charge in [-0.2, -0.15) is 5.10 Å². The van der Waals surface area contributed by atoms with Crippen LogP contribution in [-0.2, 0) is 7.05 Å². The number of aromatic nitrogens is 3. The Hall–Kier alpha value is -3.15. The highest BCUT2D eigenvalue weighted by atomic mass is 16.5. The first-order chi connectivity index (χ1) is 13.1. The third kappa shape index (κ3) is 3.56. The van der Waals surface area contributed by atoms with Crippen LogP contribution in [0.4, 0.5) is 0 Å². The van der Waals surface area contributed by atoms with Gasteiger partial charge < -0.3 is 9.64 Å². The van der Waals surface area contributed by atoms with Crippen LogP contribution in [0, 0.1) is 6.92 Å². The van der Waals surface area contributed by atoms with Crippen molar-refractivity contribution in [1.29, 1.82) is 0 Å². The molecule has 3 heterocycles. The highest BCUT2D eigenvalue weighted by Gasteiger charge is 2.31. The summed E-state index contributed by atoms with van der Waals surface area (Å²) < 4.78 is 7.73. The van der Waals surface area contributed by atoms with Gasteiger partial charge in [0.2, 0.25) is 0 Å².